The summed E-state index contributed by atoms with van der Waals surface area (Å²) in [6.07, 6.45) is 4.15. The maximum atomic E-state index is 11.6. The lowest BCUT2D eigenvalue weighted by atomic mass is 10.0. The van der Waals surface area contributed by atoms with E-state index in [4.69, 9.17) is 10.9 Å². The van der Waals surface area contributed by atoms with E-state index in [-0.39, 0.29) is 9.64 Å². The third-order valence-electron chi connectivity index (χ3n) is 4.01. The molecule has 0 heterocycles. The summed E-state index contributed by atoms with van der Waals surface area (Å²) in [5, 5.41) is 8.58. The molecule has 0 spiro atoms. The number of primary sulfonamides is 1. The highest BCUT2D eigenvalue weighted by Gasteiger charge is 2.25. The van der Waals surface area contributed by atoms with E-state index in [0.717, 1.165) is 25.1 Å². The molecule has 0 fully saturated rings. The summed E-state index contributed by atoms with van der Waals surface area (Å²) in [5.41, 5.74) is 7.51. The minimum Gasteiger partial charge on any atom is -0.399 e. The number of hydrogen-bond donors (Lipinski definition) is 3. The molecule has 0 bridgehead atoms. The highest BCUT2D eigenvalue weighted by Crippen LogP contribution is 2.32. The first-order valence-corrected chi connectivity index (χ1v) is 9.68. The van der Waals surface area contributed by atoms with Gasteiger partial charge in [-0.25, -0.2) is 13.6 Å². The number of nitrogen functional groups attached to an aromatic ring is 1. The molecule has 5 nitrogen and oxygen atoms in total. The van der Waals surface area contributed by atoms with Crippen LogP contribution in [0.25, 0.3) is 0 Å². The first kappa shape index (κ1) is 18.1. The van der Waals surface area contributed by atoms with Crippen LogP contribution in [0, 0.1) is 6.92 Å². The van der Waals surface area contributed by atoms with E-state index in [2.05, 4.69) is 25.4 Å². The van der Waals surface area contributed by atoms with Gasteiger partial charge in [0.25, 0.3) is 0 Å². The zero-order valence-corrected chi connectivity index (χ0v) is 14.7. The number of rotatable bonds is 7. The van der Waals surface area contributed by atoms with Crippen molar-refractivity contribution >= 4 is 33.2 Å². The Hall–Kier alpha value is -0.920. The van der Waals surface area contributed by atoms with E-state index < -0.39 is 10.0 Å². The fourth-order valence-electron chi connectivity index (χ4n) is 2.31. The normalized spacial score (nSPS) is 12.4. The highest BCUT2D eigenvalue weighted by molar-refractivity contribution is 8.00. The monoisotopic (exact) mass is 331 g/mol. The Morgan fingerprint density at radius 2 is 1.86 bits per heavy atom. The van der Waals surface area contributed by atoms with Crippen molar-refractivity contribution in [2.24, 2.45) is 5.14 Å². The molecule has 0 radical (unpaired) electrons. The molecule has 21 heavy (non-hydrogen) atoms. The maximum absolute atomic E-state index is 11.6. The Morgan fingerprint density at radius 1 is 1.29 bits per heavy atom. The Bertz CT molecular complexity index is 588. The first-order valence-electron chi connectivity index (χ1n) is 6.91. The van der Waals surface area contributed by atoms with Crippen molar-refractivity contribution in [1.29, 1.82) is 0 Å². The average molecular weight is 332 g/mol. The molecule has 1 rings (SSSR count). The van der Waals surface area contributed by atoms with Crippen LogP contribution in [-0.2, 0) is 10.0 Å². The summed E-state index contributed by atoms with van der Waals surface area (Å²) < 4.78 is 23.4. The van der Waals surface area contributed by atoms with Crippen LogP contribution >= 0.6 is 11.8 Å². The number of nitrogens with two attached hydrogens (primary N) is 2. The van der Waals surface area contributed by atoms with Gasteiger partial charge in [-0.05, 0) is 43.7 Å². The number of benzene rings is 1. The molecule has 1 aromatic rings. The lowest BCUT2D eigenvalue weighted by molar-refractivity contribution is 0.574. The molecule has 0 saturated carbocycles. The van der Waals surface area contributed by atoms with Gasteiger partial charge in [0.05, 0.1) is 4.90 Å². The lowest BCUT2D eigenvalue weighted by Crippen LogP contribution is -2.32. The fraction of sp³-hybridized carbons (Fsp3) is 0.571. The molecule has 1 aromatic carbocycles. The molecule has 120 valence electrons. The quantitative estimate of drug-likeness (QED) is 0.667. The second-order valence-electron chi connectivity index (χ2n) is 5.18. The van der Waals surface area contributed by atoms with Gasteiger partial charge >= 0.3 is 0 Å². The van der Waals surface area contributed by atoms with Gasteiger partial charge in [0.1, 0.15) is 0 Å². The smallest absolute Gasteiger partial charge is 0.238 e. The Labute approximate surface area is 131 Å². The van der Waals surface area contributed by atoms with Crippen LogP contribution in [0.3, 0.4) is 0 Å². The Balaban J connectivity index is 3.13. The Morgan fingerprint density at radius 3 is 2.29 bits per heavy atom. The number of sulfonamides is 1. The first-order chi connectivity index (χ1) is 9.69. The molecule has 0 unspecified atom stereocenters. The van der Waals surface area contributed by atoms with Gasteiger partial charge < -0.3 is 11.1 Å². The van der Waals surface area contributed by atoms with Crippen LogP contribution in [0.1, 0.15) is 32.3 Å². The van der Waals surface area contributed by atoms with Gasteiger partial charge in [-0.15, -0.1) is 0 Å². The van der Waals surface area contributed by atoms with Crippen molar-refractivity contribution < 1.29 is 8.42 Å². The van der Waals surface area contributed by atoms with E-state index in [1.165, 1.54) is 6.07 Å². The molecule has 0 atom stereocenters. The van der Waals surface area contributed by atoms with E-state index in [1.807, 2.05) is 11.8 Å². The molecule has 5 N–H and O–H groups in total. The predicted molar refractivity (Wildman–Crippen MR) is 92.3 cm³/mol. The number of nitrogens with one attached hydrogen (secondary N) is 1. The van der Waals surface area contributed by atoms with Crippen LogP contribution in [0.4, 0.5) is 11.4 Å². The van der Waals surface area contributed by atoms with E-state index >= 15 is 0 Å². The lowest BCUT2D eigenvalue weighted by Gasteiger charge is -2.30. The zero-order chi connectivity index (χ0) is 16.3. The van der Waals surface area contributed by atoms with Crippen LogP contribution in [0.15, 0.2) is 17.0 Å². The largest absolute Gasteiger partial charge is 0.399 e. The molecule has 7 heteroatoms. The summed E-state index contributed by atoms with van der Waals surface area (Å²) in [4.78, 5) is 0.0766. The maximum Gasteiger partial charge on any atom is 0.238 e. The third-order valence-corrected chi connectivity index (χ3v) is 6.64. The van der Waals surface area contributed by atoms with Crippen molar-refractivity contribution in [3.63, 3.8) is 0 Å². The van der Waals surface area contributed by atoms with Gasteiger partial charge in [0.15, 0.2) is 0 Å². The molecular formula is C14H25N3O2S2. The highest BCUT2D eigenvalue weighted by atomic mass is 32.2. The average Bonchev–Trinajstić information content (AvgIpc) is 2.43. The molecule has 0 amide bonds. The standard InChI is InChI=1S/C14H25N3O2S2/c1-5-14(6-2,20-4)9-17-12-7-11(15)8-13(10(12)3)21(16,18)19/h7-8,17H,5-6,9,15H2,1-4H3,(H2,16,18,19). The molecular weight excluding hydrogens is 306 g/mol. The van der Waals surface area contributed by atoms with Gasteiger partial charge in [-0.1, -0.05) is 13.8 Å². The van der Waals surface area contributed by atoms with E-state index in [0.29, 0.717) is 11.3 Å². The number of hydrogen-bond acceptors (Lipinski definition) is 5. The summed E-state index contributed by atoms with van der Waals surface area (Å²) in [7, 11) is -3.77. The second-order valence-corrected chi connectivity index (χ2v) is 7.99. The second kappa shape index (κ2) is 6.89. The van der Waals surface area contributed by atoms with E-state index in [1.54, 1.807) is 13.0 Å². The van der Waals surface area contributed by atoms with Crippen LogP contribution in [0.2, 0.25) is 0 Å². The van der Waals surface area contributed by atoms with Crippen molar-refractivity contribution in [3.05, 3.63) is 17.7 Å². The van der Waals surface area contributed by atoms with Gasteiger partial charge in [-0.3, -0.25) is 0 Å². The summed E-state index contributed by atoms with van der Waals surface area (Å²) in [6, 6.07) is 3.15. The molecule has 0 aromatic heterocycles. The van der Waals surface area contributed by atoms with E-state index in [9.17, 15) is 8.42 Å². The summed E-state index contributed by atoms with van der Waals surface area (Å²) in [5.74, 6) is 0. The molecule has 0 aliphatic rings. The van der Waals surface area contributed by atoms with Crippen LogP contribution in [-0.4, -0.2) is 26.0 Å². The van der Waals surface area contributed by atoms with Crippen LogP contribution < -0.4 is 16.2 Å². The van der Waals surface area contributed by atoms with Gasteiger partial charge in [0, 0.05) is 22.7 Å². The summed E-state index contributed by atoms with van der Waals surface area (Å²) in [6.45, 7) is 6.79. The van der Waals surface area contributed by atoms with Crippen molar-refractivity contribution in [1.82, 2.24) is 0 Å². The topological polar surface area (TPSA) is 98.2 Å². The Kier molecular flexibility index (Phi) is 5.95. The number of anilines is 2. The minimum atomic E-state index is -3.77. The van der Waals surface area contributed by atoms with Crippen molar-refractivity contribution in [2.75, 3.05) is 23.9 Å². The van der Waals surface area contributed by atoms with Crippen molar-refractivity contribution in [2.45, 2.75) is 43.3 Å². The fourth-order valence-corrected chi connectivity index (χ4v) is 3.94. The van der Waals surface area contributed by atoms with Crippen molar-refractivity contribution in [3.8, 4) is 0 Å². The molecule has 0 aliphatic heterocycles. The zero-order valence-electron chi connectivity index (χ0n) is 13.1. The predicted octanol–water partition coefficient (Wildman–Crippen LogP) is 2.56. The van der Waals surface area contributed by atoms with Gasteiger partial charge in [-0.2, -0.15) is 11.8 Å². The third kappa shape index (κ3) is 4.28. The summed E-state index contributed by atoms with van der Waals surface area (Å²) >= 11 is 1.82. The van der Waals surface area contributed by atoms with Gasteiger partial charge in [0.2, 0.25) is 10.0 Å². The number of thioether (sulfide) groups is 1. The SMILES string of the molecule is CCC(CC)(CNc1cc(N)cc(S(N)(=O)=O)c1C)SC. The van der Waals surface area contributed by atoms with Crippen LogP contribution in [0.5, 0.6) is 0 Å². The minimum absolute atomic E-state index is 0.0766. The molecule has 0 aliphatic carbocycles. The molecule has 0 saturated heterocycles.